The normalized spacial score (nSPS) is 14.9. The van der Waals surface area contributed by atoms with Gasteiger partial charge in [-0.05, 0) is 61.9 Å². The van der Waals surface area contributed by atoms with Crippen LogP contribution in [0.1, 0.15) is 32.3 Å². The van der Waals surface area contributed by atoms with Crippen LogP contribution in [0.15, 0.2) is 48.5 Å². The fourth-order valence-electron chi connectivity index (χ4n) is 2.88. The van der Waals surface area contributed by atoms with Crippen molar-refractivity contribution in [3.05, 3.63) is 54.1 Å². The topological polar surface area (TPSA) is 38.3 Å². The number of ether oxygens (including phenoxy) is 1. The van der Waals surface area contributed by atoms with Crippen molar-refractivity contribution in [2.75, 3.05) is 6.61 Å². The molecular formula is C21H25NO2. The van der Waals surface area contributed by atoms with Gasteiger partial charge in [0.15, 0.2) is 0 Å². The first-order valence-corrected chi connectivity index (χ1v) is 8.78. The van der Waals surface area contributed by atoms with Crippen molar-refractivity contribution in [3.8, 4) is 16.9 Å². The van der Waals surface area contributed by atoms with Gasteiger partial charge in [-0.1, -0.05) is 36.4 Å². The van der Waals surface area contributed by atoms with Gasteiger partial charge in [-0.15, -0.1) is 0 Å². The van der Waals surface area contributed by atoms with Crippen LogP contribution in [0.2, 0.25) is 0 Å². The van der Waals surface area contributed by atoms with E-state index in [4.69, 9.17) is 4.74 Å². The zero-order valence-corrected chi connectivity index (χ0v) is 14.4. The maximum Gasteiger partial charge on any atom is 0.223 e. The zero-order chi connectivity index (χ0) is 16.9. The summed E-state index contributed by atoms with van der Waals surface area (Å²) in [7, 11) is 0. The highest BCUT2D eigenvalue weighted by Gasteiger charge is 2.30. The maximum absolute atomic E-state index is 11.8. The Hall–Kier alpha value is -2.29. The lowest BCUT2D eigenvalue weighted by Crippen LogP contribution is -2.35. The van der Waals surface area contributed by atoms with E-state index in [2.05, 4.69) is 48.6 Å². The average molecular weight is 323 g/mol. The molecule has 1 saturated carbocycles. The molecule has 3 rings (SSSR count). The Morgan fingerprint density at radius 1 is 1.17 bits per heavy atom. The largest absolute Gasteiger partial charge is 0.494 e. The van der Waals surface area contributed by atoms with Gasteiger partial charge in [-0.3, -0.25) is 4.79 Å². The summed E-state index contributed by atoms with van der Waals surface area (Å²) in [5.41, 5.74) is 3.57. The number of benzene rings is 2. The van der Waals surface area contributed by atoms with Crippen molar-refractivity contribution in [1.82, 2.24) is 5.32 Å². The Balaban J connectivity index is 1.62. The van der Waals surface area contributed by atoms with E-state index in [1.54, 1.807) is 0 Å². The van der Waals surface area contributed by atoms with Gasteiger partial charge in [0.1, 0.15) is 5.75 Å². The average Bonchev–Trinajstić information content (AvgIpc) is 3.41. The van der Waals surface area contributed by atoms with Crippen LogP contribution >= 0.6 is 0 Å². The maximum atomic E-state index is 11.8. The van der Waals surface area contributed by atoms with Crippen molar-refractivity contribution in [3.63, 3.8) is 0 Å². The smallest absolute Gasteiger partial charge is 0.223 e. The molecule has 0 aliphatic heterocycles. The van der Waals surface area contributed by atoms with Gasteiger partial charge >= 0.3 is 0 Å². The molecule has 24 heavy (non-hydrogen) atoms. The Kier molecular flexibility index (Phi) is 5.19. The number of carbonyl (C=O) groups excluding carboxylic acids is 1. The predicted octanol–water partition coefficient (Wildman–Crippen LogP) is 4.21. The summed E-state index contributed by atoms with van der Waals surface area (Å²) in [6.45, 7) is 4.73. The summed E-state index contributed by atoms with van der Waals surface area (Å²) >= 11 is 0. The van der Waals surface area contributed by atoms with Crippen LogP contribution < -0.4 is 10.1 Å². The first-order valence-electron chi connectivity index (χ1n) is 8.78. The number of carbonyl (C=O) groups is 1. The number of nitrogens with one attached hydrogen (secondary N) is 1. The zero-order valence-electron chi connectivity index (χ0n) is 14.4. The Morgan fingerprint density at radius 3 is 2.58 bits per heavy atom. The summed E-state index contributed by atoms with van der Waals surface area (Å²) in [5, 5.41) is 3.10. The molecule has 1 aliphatic rings. The van der Waals surface area contributed by atoms with Crippen molar-refractivity contribution < 1.29 is 9.53 Å². The highest BCUT2D eigenvalue weighted by atomic mass is 16.5. The van der Waals surface area contributed by atoms with Crippen molar-refractivity contribution in [2.45, 2.75) is 39.2 Å². The minimum absolute atomic E-state index is 0.172. The fourth-order valence-corrected chi connectivity index (χ4v) is 2.88. The van der Waals surface area contributed by atoms with Crippen LogP contribution in [0, 0.1) is 5.92 Å². The first kappa shape index (κ1) is 16.6. The molecular weight excluding hydrogens is 298 g/mol. The second-order valence-corrected chi connectivity index (χ2v) is 6.55. The molecule has 1 aliphatic carbocycles. The molecule has 1 N–H and O–H groups in total. The minimum Gasteiger partial charge on any atom is -0.494 e. The Morgan fingerprint density at radius 2 is 1.92 bits per heavy atom. The van der Waals surface area contributed by atoms with Crippen LogP contribution in [0.4, 0.5) is 0 Å². The van der Waals surface area contributed by atoms with Gasteiger partial charge in [0.2, 0.25) is 5.91 Å². The summed E-state index contributed by atoms with van der Waals surface area (Å²) in [5.74, 6) is 1.38. The van der Waals surface area contributed by atoms with Crippen LogP contribution in [-0.2, 0) is 11.2 Å². The summed E-state index contributed by atoms with van der Waals surface area (Å²) in [6.07, 6.45) is 2.96. The fraction of sp³-hybridized carbons (Fsp3) is 0.381. The third kappa shape index (κ3) is 4.38. The van der Waals surface area contributed by atoms with Crippen LogP contribution in [0.25, 0.3) is 11.1 Å². The summed E-state index contributed by atoms with van der Waals surface area (Å²) in [4.78, 5) is 11.8. The molecule has 2 aromatic rings. The Labute approximate surface area is 144 Å². The number of rotatable bonds is 7. The van der Waals surface area contributed by atoms with Gasteiger partial charge in [0.05, 0.1) is 6.61 Å². The minimum atomic E-state index is 0.172. The molecule has 0 bridgehead atoms. The van der Waals surface area contributed by atoms with E-state index < -0.39 is 0 Å². The lowest BCUT2D eigenvalue weighted by atomic mass is 10.0. The molecule has 3 nitrogen and oxygen atoms in total. The first-order chi connectivity index (χ1) is 11.7. The molecule has 0 saturated heterocycles. The molecule has 0 spiro atoms. The van der Waals surface area contributed by atoms with Gasteiger partial charge in [-0.25, -0.2) is 0 Å². The second kappa shape index (κ2) is 7.52. The molecule has 1 amide bonds. The van der Waals surface area contributed by atoms with Crippen LogP contribution in [-0.4, -0.2) is 18.6 Å². The molecule has 3 heteroatoms. The summed E-state index contributed by atoms with van der Waals surface area (Å²) in [6, 6.07) is 16.9. The monoisotopic (exact) mass is 323 g/mol. The quantitative estimate of drug-likeness (QED) is 0.829. The summed E-state index contributed by atoms with van der Waals surface area (Å²) < 4.78 is 5.57. The number of hydrogen-bond acceptors (Lipinski definition) is 2. The number of hydrogen-bond donors (Lipinski definition) is 1. The van der Waals surface area contributed by atoms with Crippen LogP contribution in [0.3, 0.4) is 0 Å². The second-order valence-electron chi connectivity index (χ2n) is 6.55. The Bertz CT molecular complexity index is 689. The van der Waals surface area contributed by atoms with E-state index in [0.717, 1.165) is 30.6 Å². The van der Waals surface area contributed by atoms with Crippen molar-refractivity contribution >= 4 is 5.91 Å². The lowest BCUT2D eigenvalue weighted by molar-refractivity contribution is -0.122. The van der Waals surface area contributed by atoms with E-state index in [1.807, 2.05) is 19.1 Å². The van der Waals surface area contributed by atoms with Gasteiger partial charge < -0.3 is 10.1 Å². The SMILES string of the molecule is CCOc1cccc(-c2ccc(CC(C)NC(=O)C3CC3)cc2)c1. The third-order valence-corrected chi connectivity index (χ3v) is 4.31. The van der Waals surface area contributed by atoms with E-state index in [0.29, 0.717) is 6.61 Å². The van der Waals surface area contributed by atoms with Gasteiger partial charge in [0, 0.05) is 12.0 Å². The van der Waals surface area contributed by atoms with Gasteiger partial charge in [-0.2, -0.15) is 0 Å². The molecule has 0 radical (unpaired) electrons. The van der Waals surface area contributed by atoms with E-state index >= 15 is 0 Å². The molecule has 1 atom stereocenters. The molecule has 1 unspecified atom stereocenters. The molecule has 126 valence electrons. The molecule has 2 aromatic carbocycles. The standard InChI is InChI=1S/C21H25NO2/c1-3-24-20-6-4-5-19(14-20)17-9-7-16(8-10-17)13-15(2)22-21(23)18-11-12-18/h4-10,14-15,18H,3,11-13H2,1-2H3,(H,22,23). The van der Waals surface area contributed by atoms with E-state index in [9.17, 15) is 4.79 Å². The van der Waals surface area contributed by atoms with Gasteiger partial charge in [0.25, 0.3) is 0 Å². The highest BCUT2D eigenvalue weighted by Crippen LogP contribution is 2.29. The lowest BCUT2D eigenvalue weighted by Gasteiger charge is -2.14. The van der Waals surface area contributed by atoms with E-state index in [-0.39, 0.29) is 17.9 Å². The third-order valence-electron chi connectivity index (χ3n) is 4.31. The van der Waals surface area contributed by atoms with Crippen molar-refractivity contribution in [2.24, 2.45) is 5.92 Å². The molecule has 0 aromatic heterocycles. The molecule has 1 fully saturated rings. The van der Waals surface area contributed by atoms with E-state index in [1.165, 1.54) is 11.1 Å². The predicted molar refractivity (Wildman–Crippen MR) is 97.1 cm³/mol. The molecule has 0 heterocycles. The number of amides is 1. The highest BCUT2D eigenvalue weighted by molar-refractivity contribution is 5.81. The van der Waals surface area contributed by atoms with Crippen LogP contribution in [0.5, 0.6) is 5.75 Å². The van der Waals surface area contributed by atoms with Crippen molar-refractivity contribution in [1.29, 1.82) is 0 Å².